The van der Waals surface area contributed by atoms with Crippen LogP contribution < -0.4 is 15.0 Å². The highest BCUT2D eigenvalue weighted by atomic mass is 16.5. The zero-order chi connectivity index (χ0) is 18.4. The van der Waals surface area contributed by atoms with Crippen LogP contribution in [-0.2, 0) is 6.54 Å². The van der Waals surface area contributed by atoms with Crippen LogP contribution in [0.5, 0.6) is 5.75 Å². The summed E-state index contributed by atoms with van der Waals surface area (Å²) in [5, 5.41) is 3.74. The Labute approximate surface area is 157 Å². The lowest BCUT2D eigenvalue weighted by molar-refractivity contribution is 0.403. The molecule has 1 fully saturated rings. The van der Waals surface area contributed by atoms with Crippen molar-refractivity contribution in [1.82, 2.24) is 14.9 Å². The summed E-state index contributed by atoms with van der Waals surface area (Å²) in [6, 6.07) is 9.01. The fourth-order valence-electron chi connectivity index (χ4n) is 3.72. The van der Waals surface area contributed by atoms with E-state index >= 15 is 0 Å². The van der Waals surface area contributed by atoms with Crippen molar-refractivity contribution in [3.05, 3.63) is 42.5 Å². The van der Waals surface area contributed by atoms with Crippen LogP contribution in [-0.4, -0.2) is 42.3 Å². The molecular weight excluding hydrogens is 324 g/mol. The molecule has 1 aliphatic rings. The molecule has 0 amide bonds. The minimum Gasteiger partial charge on any atom is -0.497 e. The lowest BCUT2D eigenvalue weighted by Crippen LogP contribution is -2.43. The smallest absolute Gasteiger partial charge is 0.120 e. The van der Waals surface area contributed by atoms with Crippen LogP contribution in [0, 0.1) is 0 Å². The Morgan fingerprint density at radius 2 is 2.08 bits per heavy atom. The van der Waals surface area contributed by atoms with Crippen LogP contribution in [0.25, 0.3) is 0 Å². The van der Waals surface area contributed by atoms with E-state index in [4.69, 9.17) is 4.74 Å². The molecule has 0 unspecified atom stereocenters. The molecule has 1 N–H and O–H groups in total. The second-order valence-electron chi connectivity index (χ2n) is 7.40. The maximum absolute atomic E-state index is 5.34. The molecule has 0 bridgehead atoms. The van der Waals surface area contributed by atoms with Crippen LogP contribution in [0.1, 0.15) is 44.9 Å². The van der Waals surface area contributed by atoms with Crippen LogP contribution in [0.3, 0.4) is 0 Å². The number of methoxy groups -OCH3 is 1. The number of benzene rings is 1. The Kier molecular flexibility index (Phi) is 6.56. The molecule has 1 aromatic heterocycles. The third kappa shape index (κ3) is 4.79. The van der Waals surface area contributed by atoms with Gasteiger partial charge in [0.2, 0.25) is 0 Å². The molecule has 142 valence electrons. The predicted molar refractivity (Wildman–Crippen MR) is 107 cm³/mol. The summed E-state index contributed by atoms with van der Waals surface area (Å²) in [7, 11) is 1.73. The molecule has 2 heterocycles. The minimum absolute atomic E-state index is 0.485. The maximum atomic E-state index is 5.34. The van der Waals surface area contributed by atoms with Gasteiger partial charge in [0.1, 0.15) is 11.6 Å². The number of ether oxygens (including phenoxy) is 1. The van der Waals surface area contributed by atoms with Crippen LogP contribution in [0.15, 0.2) is 36.7 Å². The van der Waals surface area contributed by atoms with E-state index in [2.05, 4.69) is 58.0 Å². The van der Waals surface area contributed by atoms with Crippen molar-refractivity contribution in [2.24, 2.45) is 0 Å². The van der Waals surface area contributed by atoms with Gasteiger partial charge in [-0.25, -0.2) is 4.98 Å². The third-order valence-corrected chi connectivity index (χ3v) is 5.19. The van der Waals surface area contributed by atoms with Gasteiger partial charge in [-0.3, -0.25) is 0 Å². The van der Waals surface area contributed by atoms with Gasteiger partial charge >= 0.3 is 0 Å². The summed E-state index contributed by atoms with van der Waals surface area (Å²) in [5.74, 6) is 2.61. The average Bonchev–Trinajstić information content (AvgIpc) is 3.15. The number of hydrogen-bond donors (Lipinski definition) is 1. The molecule has 0 spiro atoms. The summed E-state index contributed by atoms with van der Waals surface area (Å²) >= 11 is 0. The topological polar surface area (TPSA) is 42.3 Å². The van der Waals surface area contributed by atoms with Crippen molar-refractivity contribution < 1.29 is 4.74 Å². The van der Waals surface area contributed by atoms with Crippen molar-refractivity contribution >= 4 is 5.69 Å². The standard InChI is InChI=1S/C21H32N4O/c1-17(2)21-23-11-15-25(21)12-5-10-22-18-8-13-24(14-9-18)19-6-4-7-20(16-19)26-3/h4,6-7,11,15-18,22H,5,8-10,12-14H2,1-3H3. The number of aryl methyl sites for hydroxylation is 1. The van der Waals surface area contributed by atoms with Crippen molar-refractivity contribution in [1.29, 1.82) is 0 Å². The van der Waals surface area contributed by atoms with E-state index in [-0.39, 0.29) is 0 Å². The molecule has 0 saturated carbocycles. The zero-order valence-corrected chi connectivity index (χ0v) is 16.3. The van der Waals surface area contributed by atoms with E-state index in [1.165, 1.54) is 24.4 Å². The van der Waals surface area contributed by atoms with Gasteiger partial charge in [-0.1, -0.05) is 19.9 Å². The normalized spacial score (nSPS) is 15.6. The average molecular weight is 357 g/mol. The highest BCUT2D eigenvalue weighted by Gasteiger charge is 2.19. The Morgan fingerprint density at radius 1 is 1.27 bits per heavy atom. The van der Waals surface area contributed by atoms with Crippen LogP contribution >= 0.6 is 0 Å². The Morgan fingerprint density at radius 3 is 2.81 bits per heavy atom. The van der Waals surface area contributed by atoms with E-state index in [0.29, 0.717) is 12.0 Å². The number of imidazole rings is 1. The number of nitrogens with zero attached hydrogens (tertiary/aromatic N) is 3. The number of rotatable bonds is 8. The number of hydrogen-bond acceptors (Lipinski definition) is 4. The van der Waals surface area contributed by atoms with Gasteiger partial charge in [0.15, 0.2) is 0 Å². The fraction of sp³-hybridized carbons (Fsp3) is 0.571. The summed E-state index contributed by atoms with van der Waals surface area (Å²) in [6.45, 7) is 8.72. The molecule has 1 aliphatic heterocycles. The first-order valence-electron chi connectivity index (χ1n) is 9.81. The van der Waals surface area contributed by atoms with Crippen LogP contribution in [0.2, 0.25) is 0 Å². The number of aromatic nitrogens is 2. The molecule has 1 saturated heterocycles. The number of piperidine rings is 1. The monoisotopic (exact) mass is 356 g/mol. The first-order valence-corrected chi connectivity index (χ1v) is 9.81. The Bertz CT molecular complexity index is 674. The quantitative estimate of drug-likeness (QED) is 0.733. The van der Waals surface area contributed by atoms with Gasteiger partial charge in [0.05, 0.1) is 7.11 Å². The fourth-order valence-corrected chi connectivity index (χ4v) is 3.72. The van der Waals surface area contributed by atoms with E-state index in [1.54, 1.807) is 7.11 Å². The molecule has 1 aromatic carbocycles. The molecule has 0 atom stereocenters. The van der Waals surface area contributed by atoms with E-state index in [0.717, 1.165) is 38.3 Å². The first kappa shape index (κ1) is 18.8. The van der Waals surface area contributed by atoms with Crippen LogP contribution in [0.4, 0.5) is 5.69 Å². The van der Waals surface area contributed by atoms with E-state index < -0.39 is 0 Å². The van der Waals surface area contributed by atoms with Gasteiger partial charge in [-0.2, -0.15) is 0 Å². The molecule has 5 heteroatoms. The minimum atomic E-state index is 0.485. The number of nitrogens with one attached hydrogen (secondary N) is 1. The van der Waals surface area contributed by atoms with Gasteiger partial charge in [0.25, 0.3) is 0 Å². The second kappa shape index (κ2) is 9.08. The highest BCUT2D eigenvalue weighted by Crippen LogP contribution is 2.24. The largest absolute Gasteiger partial charge is 0.497 e. The zero-order valence-electron chi connectivity index (χ0n) is 16.3. The first-order chi connectivity index (χ1) is 12.7. The maximum Gasteiger partial charge on any atom is 0.120 e. The lowest BCUT2D eigenvalue weighted by atomic mass is 10.0. The van der Waals surface area contributed by atoms with Crippen molar-refractivity contribution in [2.45, 2.75) is 51.6 Å². The van der Waals surface area contributed by atoms with E-state index in [9.17, 15) is 0 Å². The SMILES string of the molecule is COc1cccc(N2CCC(NCCCn3ccnc3C(C)C)CC2)c1. The number of anilines is 1. The summed E-state index contributed by atoms with van der Waals surface area (Å²) in [5.41, 5.74) is 1.27. The highest BCUT2D eigenvalue weighted by molar-refractivity contribution is 5.51. The second-order valence-corrected chi connectivity index (χ2v) is 7.40. The molecule has 5 nitrogen and oxygen atoms in total. The Balaban J connectivity index is 1.38. The summed E-state index contributed by atoms with van der Waals surface area (Å²) in [6.07, 6.45) is 7.55. The van der Waals surface area contributed by atoms with Gasteiger partial charge in [-0.15, -0.1) is 0 Å². The molecule has 0 radical (unpaired) electrons. The summed E-state index contributed by atoms with van der Waals surface area (Å²) < 4.78 is 7.63. The third-order valence-electron chi connectivity index (χ3n) is 5.19. The summed E-state index contributed by atoms with van der Waals surface area (Å²) in [4.78, 5) is 6.92. The van der Waals surface area contributed by atoms with Crippen molar-refractivity contribution in [3.8, 4) is 5.75 Å². The van der Waals surface area contributed by atoms with Gasteiger partial charge in [-0.05, 0) is 37.9 Å². The molecule has 2 aromatic rings. The van der Waals surface area contributed by atoms with Crippen molar-refractivity contribution in [3.63, 3.8) is 0 Å². The lowest BCUT2D eigenvalue weighted by Gasteiger charge is -2.34. The van der Waals surface area contributed by atoms with Gasteiger partial charge < -0.3 is 19.5 Å². The molecule has 26 heavy (non-hydrogen) atoms. The molecular formula is C21H32N4O. The van der Waals surface area contributed by atoms with Crippen molar-refractivity contribution in [2.75, 3.05) is 31.6 Å². The van der Waals surface area contributed by atoms with E-state index in [1.807, 2.05) is 12.3 Å². The Hall–Kier alpha value is -2.01. The molecule has 3 rings (SSSR count). The molecule has 0 aliphatic carbocycles. The van der Waals surface area contributed by atoms with Gasteiger partial charge in [0, 0.05) is 55.7 Å². The predicted octanol–water partition coefficient (Wildman–Crippen LogP) is 3.66.